The Morgan fingerprint density at radius 2 is 1.65 bits per heavy atom. The number of nitrogens with zero attached hydrogens (tertiary/aromatic N) is 4. The minimum Gasteiger partial charge on any atom is -0.355 e. The lowest BCUT2D eigenvalue weighted by molar-refractivity contribution is -0.139. The number of para-hydroxylation sites is 1. The predicted molar refractivity (Wildman–Crippen MR) is 179 cm³/mol. The summed E-state index contributed by atoms with van der Waals surface area (Å²) in [6.45, 7) is 4.82. The molecule has 2 aromatic carbocycles. The number of carbonyl (C=O) groups excluding carboxylic acids is 6. The molecule has 0 bridgehead atoms. The first kappa shape index (κ1) is 36.2. The summed E-state index contributed by atoms with van der Waals surface area (Å²) in [5, 5.41) is 17.7. The molecule has 5 N–H and O–H groups in total. The van der Waals surface area contributed by atoms with Crippen LogP contribution in [0.5, 0.6) is 0 Å². The van der Waals surface area contributed by atoms with Crippen molar-refractivity contribution in [3.05, 3.63) is 78.4 Å². The molecule has 0 spiro atoms. The van der Waals surface area contributed by atoms with E-state index in [9.17, 15) is 28.8 Å². The zero-order valence-corrected chi connectivity index (χ0v) is 28.0. The molecule has 1 aliphatic heterocycles. The van der Waals surface area contributed by atoms with E-state index in [-0.39, 0.29) is 37.9 Å². The maximum atomic E-state index is 13.7. The van der Waals surface area contributed by atoms with Gasteiger partial charge in [-0.1, -0.05) is 56.3 Å². The minimum absolute atomic E-state index is 0.114. The summed E-state index contributed by atoms with van der Waals surface area (Å²) in [6.07, 6.45) is 3.34. The number of carbonyl (C=O) groups is 6. The van der Waals surface area contributed by atoms with E-state index in [1.165, 1.54) is 36.2 Å². The summed E-state index contributed by atoms with van der Waals surface area (Å²) in [5.74, 6) is -3.70. The van der Waals surface area contributed by atoms with Crippen LogP contribution in [0, 0.1) is 5.92 Å². The molecule has 6 amide bonds. The van der Waals surface area contributed by atoms with E-state index >= 15 is 0 Å². The number of benzene rings is 2. The Hall–Kier alpha value is -5.60. The van der Waals surface area contributed by atoms with Crippen LogP contribution in [-0.4, -0.2) is 99.4 Å². The molecule has 4 rings (SSSR count). The van der Waals surface area contributed by atoms with Crippen LogP contribution in [-0.2, 0) is 30.4 Å². The van der Waals surface area contributed by atoms with Crippen LogP contribution < -0.4 is 26.6 Å². The van der Waals surface area contributed by atoms with Gasteiger partial charge < -0.3 is 31.5 Å². The van der Waals surface area contributed by atoms with Crippen molar-refractivity contribution in [2.45, 2.75) is 64.2 Å². The van der Waals surface area contributed by atoms with Gasteiger partial charge in [0.15, 0.2) is 0 Å². The molecule has 1 saturated heterocycles. The maximum absolute atomic E-state index is 13.7. The fraction of sp³-hybridized carbons (Fsp3) is 0.412. The molecule has 2 heterocycles. The molecule has 0 saturated carbocycles. The van der Waals surface area contributed by atoms with Crippen LogP contribution in [0.4, 0.5) is 0 Å². The van der Waals surface area contributed by atoms with Crippen LogP contribution in [0.2, 0.25) is 0 Å². The minimum atomic E-state index is -1.09. The SMILES string of the molecule is CC(C)[C@H]1NC(=O)[C@@H](NC(=O)c2ccccc2-n2cncn2)CCCNC(=O)CN(C)C(=O)[C@H](Cc2ccccc2)NC(=O)[C@@H](C)NC1=O. The summed E-state index contributed by atoms with van der Waals surface area (Å²) >= 11 is 0. The number of hydrogen-bond donors (Lipinski definition) is 5. The molecular formula is C34H43N9O6. The number of amides is 6. The monoisotopic (exact) mass is 673 g/mol. The fourth-order valence-electron chi connectivity index (χ4n) is 5.36. The number of likely N-dealkylation sites (N-methyl/N-ethyl adjacent to an activating group) is 1. The molecule has 260 valence electrons. The zero-order chi connectivity index (χ0) is 35.5. The van der Waals surface area contributed by atoms with Gasteiger partial charge in [-0.05, 0) is 43.4 Å². The van der Waals surface area contributed by atoms with Gasteiger partial charge >= 0.3 is 0 Å². The normalized spacial score (nSPS) is 21.9. The quantitative estimate of drug-likeness (QED) is 0.243. The van der Waals surface area contributed by atoms with E-state index in [4.69, 9.17) is 0 Å². The fourth-order valence-corrected chi connectivity index (χ4v) is 5.36. The van der Waals surface area contributed by atoms with Gasteiger partial charge in [0.05, 0.1) is 17.8 Å². The smallest absolute Gasteiger partial charge is 0.254 e. The second-order valence-corrected chi connectivity index (χ2v) is 12.3. The summed E-state index contributed by atoms with van der Waals surface area (Å²) in [5.41, 5.74) is 1.48. The molecule has 0 aliphatic carbocycles. The van der Waals surface area contributed by atoms with Gasteiger partial charge in [-0.2, -0.15) is 5.10 Å². The highest BCUT2D eigenvalue weighted by molar-refractivity contribution is 6.01. The lowest BCUT2D eigenvalue weighted by Gasteiger charge is -2.28. The molecule has 15 heteroatoms. The van der Waals surface area contributed by atoms with E-state index in [0.29, 0.717) is 5.69 Å². The summed E-state index contributed by atoms with van der Waals surface area (Å²) < 4.78 is 1.43. The van der Waals surface area contributed by atoms with Gasteiger partial charge in [-0.15, -0.1) is 0 Å². The van der Waals surface area contributed by atoms with Crippen LogP contribution in [0.3, 0.4) is 0 Å². The van der Waals surface area contributed by atoms with Gasteiger partial charge in [0, 0.05) is 20.0 Å². The number of nitrogens with one attached hydrogen (secondary N) is 5. The molecular weight excluding hydrogens is 630 g/mol. The Balaban J connectivity index is 1.57. The molecule has 4 atom stereocenters. The van der Waals surface area contributed by atoms with Crippen LogP contribution >= 0.6 is 0 Å². The van der Waals surface area contributed by atoms with Crippen molar-refractivity contribution in [3.8, 4) is 5.69 Å². The van der Waals surface area contributed by atoms with Crippen molar-refractivity contribution in [2.75, 3.05) is 20.1 Å². The highest BCUT2D eigenvalue weighted by Gasteiger charge is 2.33. The van der Waals surface area contributed by atoms with Crippen molar-refractivity contribution < 1.29 is 28.8 Å². The molecule has 0 radical (unpaired) electrons. The second kappa shape index (κ2) is 17.0. The molecule has 0 unspecified atom stereocenters. The standard InChI is InChI=1S/C34H43N9O6/c1-21(2)29-33(48)38-22(3)30(45)40-26(17-23-11-6-5-7-12-23)34(49)42(4)18-28(44)36-16-10-14-25(32(47)41-29)39-31(46)24-13-8-9-15-27(24)43-20-35-19-37-43/h5-9,11-13,15,19-22,25-26,29H,10,14,16-18H2,1-4H3,(H,36,44)(H,38,48)(H,39,46)(H,40,45)(H,41,47)/t22-,25+,26+,29-/m1/s1. The van der Waals surface area contributed by atoms with Gasteiger partial charge in [0.1, 0.15) is 36.8 Å². The third-order valence-electron chi connectivity index (χ3n) is 8.08. The van der Waals surface area contributed by atoms with Crippen LogP contribution in [0.25, 0.3) is 5.69 Å². The van der Waals surface area contributed by atoms with E-state index in [1.54, 1.807) is 38.1 Å². The van der Waals surface area contributed by atoms with Gasteiger partial charge in [0.25, 0.3) is 5.91 Å². The first-order valence-electron chi connectivity index (χ1n) is 16.2. The largest absolute Gasteiger partial charge is 0.355 e. The molecule has 1 aliphatic rings. The Bertz CT molecular complexity index is 1630. The highest BCUT2D eigenvalue weighted by atomic mass is 16.2. The average Bonchev–Trinajstić information content (AvgIpc) is 3.62. The topological polar surface area (TPSA) is 197 Å². The van der Waals surface area contributed by atoms with E-state index in [1.807, 2.05) is 30.3 Å². The van der Waals surface area contributed by atoms with Gasteiger partial charge in [-0.25, -0.2) is 9.67 Å². The third-order valence-corrected chi connectivity index (χ3v) is 8.08. The van der Waals surface area contributed by atoms with E-state index in [2.05, 4.69) is 36.7 Å². The van der Waals surface area contributed by atoms with Crippen molar-refractivity contribution >= 4 is 35.4 Å². The molecule has 49 heavy (non-hydrogen) atoms. The third kappa shape index (κ3) is 9.95. The Labute approximate surface area is 284 Å². The number of rotatable bonds is 6. The number of aromatic nitrogens is 3. The van der Waals surface area contributed by atoms with E-state index < -0.39 is 65.5 Å². The Morgan fingerprint density at radius 1 is 0.939 bits per heavy atom. The lowest BCUT2D eigenvalue weighted by atomic mass is 10.0. The summed E-state index contributed by atoms with van der Waals surface area (Å²) in [4.78, 5) is 85.5. The van der Waals surface area contributed by atoms with Gasteiger partial charge in [-0.3, -0.25) is 28.8 Å². The van der Waals surface area contributed by atoms with Crippen LogP contribution in [0.15, 0.2) is 67.3 Å². The summed E-state index contributed by atoms with van der Waals surface area (Å²) in [7, 11) is 1.47. The Morgan fingerprint density at radius 3 is 2.35 bits per heavy atom. The average molecular weight is 674 g/mol. The zero-order valence-electron chi connectivity index (χ0n) is 28.0. The number of hydrogen-bond acceptors (Lipinski definition) is 8. The van der Waals surface area contributed by atoms with Crippen molar-refractivity contribution in [3.63, 3.8) is 0 Å². The molecule has 15 nitrogen and oxygen atoms in total. The van der Waals surface area contributed by atoms with Crippen molar-refractivity contribution in [2.24, 2.45) is 5.92 Å². The molecule has 3 aromatic rings. The van der Waals surface area contributed by atoms with Crippen molar-refractivity contribution in [1.29, 1.82) is 0 Å². The molecule has 1 aromatic heterocycles. The summed E-state index contributed by atoms with van der Waals surface area (Å²) in [6, 6.07) is 11.6. The first-order valence-corrected chi connectivity index (χ1v) is 16.2. The molecule has 1 fully saturated rings. The lowest BCUT2D eigenvalue weighted by Crippen LogP contribution is -2.59. The Kier molecular flexibility index (Phi) is 12.6. The maximum Gasteiger partial charge on any atom is 0.254 e. The first-order chi connectivity index (χ1) is 23.4. The van der Waals surface area contributed by atoms with Crippen molar-refractivity contribution in [1.82, 2.24) is 46.2 Å². The highest BCUT2D eigenvalue weighted by Crippen LogP contribution is 2.14. The second-order valence-electron chi connectivity index (χ2n) is 12.3. The van der Waals surface area contributed by atoms with Gasteiger partial charge in [0.2, 0.25) is 29.5 Å². The van der Waals surface area contributed by atoms with E-state index in [0.717, 1.165) is 5.56 Å². The predicted octanol–water partition coefficient (Wildman–Crippen LogP) is 0.107. The van der Waals surface area contributed by atoms with Crippen LogP contribution in [0.1, 0.15) is 49.5 Å².